The van der Waals surface area contributed by atoms with Crippen molar-refractivity contribution in [1.82, 2.24) is 4.98 Å². The van der Waals surface area contributed by atoms with Crippen molar-refractivity contribution in [2.24, 2.45) is 0 Å². The van der Waals surface area contributed by atoms with Crippen LogP contribution >= 0.6 is 0 Å². The van der Waals surface area contributed by atoms with Gasteiger partial charge >= 0.3 is 0 Å². The first-order chi connectivity index (χ1) is 8.16. The number of amides is 1. The van der Waals surface area contributed by atoms with E-state index in [2.05, 4.69) is 30.2 Å². The molecule has 0 saturated heterocycles. The molecule has 2 rings (SSSR count). The summed E-state index contributed by atoms with van der Waals surface area (Å²) in [5.74, 6) is 0.367. The molecular weight excluding hydrogens is 212 g/mol. The summed E-state index contributed by atoms with van der Waals surface area (Å²) in [7, 11) is 0. The van der Waals surface area contributed by atoms with Gasteiger partial charge < -0.3 is 10.3 Å². The minimum Gasteiger partial charge on any atom is -0.367 e. The van der Waals surface area contributed by atoms with E-state index in [1.165, 1.54) is 5.56 Å². The van der Waals surface area contributed by atoms with E-state index in [4.69, 9.17) is 0 Å². The van der Waals surface area contributed by atoms with Crippen LogP contribution in [0.25, 0.3) is 0 Å². The highest BCUT2D eigenvalue weighted by molar-refractivity contribution is 6.04. The fourth-order valence-corrected chi connectivity index (χ4v) is 1.64. The van der Waals surface area contributed by atoms with Gasteiger partial charge in [-0.15, -0.1) is 0 Å². The molecule has 2 N–H and O–H groups in total. The third-order valence-corrected chi connectivity index (χ3v) is 2.67. The van der Waals surface area contributed by atoms with E-state index in [0.29, 0.717) is 11.5 Å². The predicted molar refractivity (Wildman–Crippen MR) is 69.3 cm³/mol. The summed E-state index contributed by atoms with van der Waals surface area (Å²) in [6.07, 6.45) is 3.42. The number of rotatable bonds is 3. The highest BCUT2D eigenvalue weighted by Gasteiger charge is 2.06. The van der Waals surface area contributed by atoms with Crippen LogP contribution < -0.4 is 5.32 Å². The second kappa shape index (κ2) is 4.87. The molecule has 0 saturated carbocycles. The Kier molecular flexibility index (Phi) is 3.28. The Morgan fingerprint density at radius 2 is 2.12 bits per heavy atom. The molecule has 17 heavy (non-hydrogen) atoms. The molecule has 0 fully saturated rings. The maximum Gasteiger partial charge on any atom is 0.257 e. The van der Waals surface area contributed by atoms with Crippen molar-refractivity contribution in [1.29, 1.82) is 0 Å². The molecule has 0 aliphatic rings. The number of carbonyl (C=O) groups excluding carboxylic acids is 1. The van der Waals surface area contributed by atoms with Crippen LogP contribution in [0.2, 0.25) is 0 Å². The summed E-state index contributed by atoms with van der Waals surface area (Å²) in [5, 5.41) is 2.88. The molecule has 2 aromatic rings. The van der Waals surface area contributed by atoms with E-state index in [1.54, 1.807) is 18.5 Å². The average molecular weight is 228 g/mol. The number of anilines is 1. The normalized spacial score (nSPS) is 10.5. The van der Waals surface area contributed by atoms with Gasteiger partial charge in [0.05, 0.1) is 5.56 Å². The first kappa shape index (κ1) is 11.5. The molecular formula is C14H16N2O. The first-order valence-corrected chi connectivity index (χ1v) is 5.71. The number of hydrogen-bond acceptors (Lipinski definition) is 1. The fourth-order valence-electron chi connectivity index (χ4n) is 1.64. The molecule has 0 radical (unpaired) electrons. The largest absolute Gasteiger partial charge is 0.367 e. The maximum atomic E-state index is 11.8. The van der Waals surface area contributed by atoms with Gasteiger partial charge in [-0.25, -0.2) is 0 Å². The quantitative estimate of drug-likeness (QED) is 0.831. The van der Waals surface area contributed by atoms with Crippen LogP contribution in [0.15, 0.2) is 42.7 Å². The minimum absolute atomic E-state index is 0.0906. The van der Waals surface area contributed by atoms with Crippen molar-refractivity contribution in [3.63, 3.8) is 0 Å². The number of nitrogens with one attached hydrogen (secondary N) is 2. The number of carbonyl (C=O) groups is 1. The first-order valence-electron chi connectivity index (χ1n) is 5.71. The van der Waals surface area contributed by atoms with E-state index in [1.807, 2.05) is 18.2 Å². The van der Waals surface area contributed by atoms with Gasteiger partial charge in [0, 0.05) is 18.1 Å². The van der Waals surface area contributed by atoms with Crippen LogP contribution in [0.5, 0.6) is 0 Å². The molecule has 3 heteroatoms. The standard InChI is InChI=1S/C14H16N2O/c1-10(2)11-4-3-5-13(8-11)16-14(17)12-6-7-15-9-12/h3-10,15H,1-2H3,(H,16,17). The van der Waals surface area contributed by atoms with Crippen LogP contribution in [0.4, 0.5) is 5.69 Å². The Balaban J connectivity index is 2.14. The van der Waals surface area contributed by atoms with Gasteiger partial charge in [0.15, 0.2) is 0 Å². The van der Waals surface area contributed by atoms with Crippen molar-refractivity contribution in [3.05, 3.63) is 53.9 Å². The van der Waals surface area contributed by atoms with Crippen molar-refractivity contribution >= 4 is 11.6 Å². The van der Waals surface area contributed by atoms with Gasteiger partial charge in [-0.3, -0.25) is 4.79 Å². The van der Waals surface area contributed by atoms with Gasteiger partial charge in [-0.2, -0.15) is 0 Å². The van der Waals surface area contributed by atoms with Crippen molar-refractivity contribution in [2.75, 3.05) is 5.32 Å². The van der Waals surface area contributed by atoms with Crippen LogP contribution in [-0.2, 0) is 0 Å². The topological polar surface area (TPSA) is 44.9 Å². The molecule has 1 aromatic carbocycles. The maximum absolute atomic E-state index is 11.8. The molecule has 3 nitrogen and oxygen atoms in total. The molecule has 0 unspecified atom stereocenters. The van der Waals surface area contributed by atoms with E-state index in [-0.39, 0.29) is 5.91 Å². The lowest BCUT2D eigenvalue weighted by atomic mass is 10.0. The van der Waals surface area contributed by atoms with Crippen molar-refractivity contribution in [3.8, 4) is 0 Å². The van der Waals surface area contributed by atoms with E-state index >= 15 is 0 Å². The second-order valence-electron chi connectivity index (χ2n) is 4.33. The molecule has 1 heterocycles. The van der Waals surface area contributed by atoms with Crippen molar-refractivity contribution < 1.29 is 4.79 Å². The van der Waals surface area contributed by atoms with Gasteiger partial charge in [0.25, 0.3) is 5.91 Å². The molecule has 1 aromatic heterocycles. The number of H-pyrrole nitrogens is 1. The second-order valence-corrected chi connectivity index (χ2v) is 4.33. The zero-order valence-corrected chi connectivity index (χ0v) is 10.0. The van der Waals surface area contributed by atoms with E-state index < -0.39 is 0 Å². The minimum atomic E-state index is -0.0906. The summed E-state index contributed by atoms with van der Waals surface area (Å²) in [6, 6.07) is 9.69. The zero-order valence-electron chi connectivity index (χ0n) is 10.0. The summed E-state index contributed by atoms with van der Waals surface area (Å²) >= 11 is 0. The summed E-state index contributed by atoms with van der Waals surface area (Å²) in [6.45, 7) is 4.26. The SMILES string of the molecule is CC(C)c1cccc(NC(=O)c2cc[nH]c2)c1. The van der Waals surface area contributed by atoms with Gasteiger partial charge in [-0.1, -0.05) is 26.0 Å². The molecule has 0 aliphatic carbocycles. The zero-order chi connectivity index (χ0) is 12.3. The summed E-state index contributed by atoms with van der Waals surface area (Å²) in [4.78, 5) is 14.7. The molecule has 1 amide bonds. The van der Waals surface area contributed by atoms with Crippen LogP contribution in [0.1, 0.15) is 35.7 Å². The summed E-state index contributed by atoms with van der Waals surface area (Å²) < 4.78 is 0. The smallest absolute Gasteiger partial charge is 0.257 e. The van der Waals surface area contributed by atoms with Gasteiger partial charge in [-0.05, 0) is 29.7 Å². The monoisotopic (exact) mass is 228 g/mol. The Bertz CT molecular complexity index is 501. The third kappa shape index (κ3) is 2.75. The number of aromatic amines is 1. The Labute approximate surface area is 101 Å². The van der Waals surface area contributed by atoms with Crippen LogP contribution in [0.3, 0.4) is 0 Å². The number of benzene rings is 1. The van der Waals surface area contributed by atoms with Crippen LogP contribution in [0, 0.1) is 0 Å². The fraction of sp³-hybridized carbons (Fsp3) is 0.214. The molecule has 0 bridgehead atoms. The van der Waals surface area contributed by atoms with E-state index in [9.17, 15) is 4.79 Å². The Hall–Kier alpha value is -2.03. The third-order valence-electron chi connectivity index (χ3n) is 2.67. The number of hydrogen-bond donors (Lipinski definition) is 2. The highest BCUT2D eigenvalue weighted by atomic mass is 16.1. The molecule has 0 aliphatic heterocycles. The molecule has 88 valence electrons. The van der Waals surface area contributed by atoms with Gasteiger partial charge in [0.2, 0.25) is 0 Å². The van der Waals surface area contributed by atoms with Crippen LogP contribution in [-0.4, -0.2) is 10.9 Å². The lowest BCUT2D eigenvalue weighted by molar-refractivity contribution is 0.102. The van der Waals surface area contributed by atoms with Crippen molar-refractivity contribution in [2.45, 2.75) is 19.8 Å². The average Bonchev–Trinajstić information content (AvgIpc) is 2.82. The Morgan fingerprint density at radius 1 is 1.29 bits per heavy atom. The molecule has 0 atom stereocenters. The summed E-state index contributed by atoms with van der Waals surface area (Å²) in [5.41, 5.74) is 2.69. The molecule has 0 spiro atoms. The Morgan fingerprint density at radius 3 is 2.76 bits per heavy atom. The lowest BCUT2D eigenvalue weighted by Gasteiger charge is -2.08. The van der Waals surface area contributed by atoms with E-state index in [0.717, 1.165) is 5.69 Å². The number of aromatic nitrogens is 1. The predicted octanol–water partition coefficient (Wildman–Crippen LogP) is 3.39. The highest BCUT2D eigenvalue weighted by Crippen LogP contribution is 2.18. The van der Waals surface area contributed by atoms with Gasteiger partial charge in [0.1, 0.15) is 0 Å². The lowest BCUT2D eigenvalue weighted by Crippen LogP contribution is -2.11.